The Hall–Kier alpha value is -3.26. The van der Waals surface area contributed by atoms with Crippen molar-refractivity contribution in [3.63, 3.8) is 0 Å². The topological polar surface area (TPSA) is 89.1 Å². The van der Waals surface area contributed by atoms with Crippen LogP contribution in [0.3, 0.4) is 0 Å². The van der Waals surface area contributed by atoms with Crippen molar-refractivity contribution in [1.29, 1.82) is 0 Å². The van der Waals surface area contributed by atoms with Gasteiger partial charge in [0, 0.05) is 44.0 Å². The lowest BCUT2D eigenvalue weighted by Gasteiger charge is -2.39. The molecule has 2 saturated heterocycles. The molecule has 2 aromatic rings. The molecule has 0 radical (unpaired) electrons. The Morgan fingerprint density at radius 3 is 2.65 bits per heavy atom. The number of piperidine rings is 1. The average Bonchev–Trinajstić information content (AvgIpc) is 3.37. The van der Waals surface area contributed by atoms with Gasteiger partial charge in [0.1, 0.15) is 0 Å². The quantitative estimate of drug-likeness (QED) is 0.705. The number of carbonyl (C=O) groups excluding carboxylic acids is 2. The number of nitrogens with zero attached hydrogens (tertiary/aromatic N) is 1. The number of urea groups is 1. The summed E-state index contributed by atoms with van der Waals surface area (Å²) >= 11 is 0. The Balaban J connectivity index is 1.22. The third-order valence-corrected chi connectivity index (χ3v) is 7.14. The average molecular weight is 466 g/mol. The summed E-state index contributed by atoms with van der Waals surface area (Å²) in [5.74, 6) is 1.29. The van der Waals surface area contributed by atoms with Crippen molar-refractivity contribution in [3.05, 3.63) is 54.1 Å². The molecule has 0 saturated carbocycles. The van der Waals surface area contributed by atoms with Crippen molar-refractivity contribution in [2.75, 3.05) is 45.0 Å². The van der Waals surface area contributed by atoms with Gasteiger partial charge < -0.3 is 29.7 Å². The van der Waals surface area contributed by atoms with Crippen molar-refractivity contribution >= 4 is 17.6 Å². The monoisotopic (exact) mass is 465 g/mol. The number of hydrogen-bond acceptors (Lipinski definition) is 5. The normalized spacial score (nSPS) is 21.1. The first-order valence-electron chi connectivity index (χ1n) is 12.0. The van der Waals surface area contributed by atoms with Crippen LogP contribution in [0.15, 0.2) is 48.5 Å². The van der Waals surface area contributed by atoms with Crippen LogP contribution in [0.2, 0.25) is 0 Å². The van der Waals surface area contributed by atoms with Crippen LogP contribution in [-0.2, 0) is 14.9 Å². The van der Waals surface area contributed by atoms with Crippen molar-refractivity contribution in [2.24, 2.45) is 5.92 Å². The number of nitrogens with one attached hydrogen (secondary N) is 2. The molecule has 1 unspecified atom stereocenters. The van der Waals surface area contributed by atoms with Crippen molar-refractivity contribution in [3.8, 4) is 11.5 Å². The van der Waals surface area contributed by atoms with Gasteiger partial charge in [-0.1, -0.05) is 24.3 Å². The minimum absolute atomic E-state index is 0.00354. The zero-order valence-corrected chi connectivity index (χ0v) is 19.3. The van der Waals surface area contributed by atoms with Gasteiger partial charge in [-0.05, 0) is 55.5 Å². The molecule has 0 bridgehead atoms. The van der Waals surface area contributed by atoms with Crippen molar-refractivity contribution < 1.29 is 23.8 Å². The molecule has 3 amide bonds. The molecule has 8 heteroatoms. The number of amides is 3. The van der Waals surface area contributed by atoms with Gasteiger partial charge in [0.05, 0.1) is 5.92 Å². The highest BCUT2D eigenvalue weighted by molar-refractivity contribution is 5.90. The van der Waals surface area contributed by atoms with E-state index in [2.05, 4.69) is 16.7 Å². The van der Waals surface area contributed by atoms with E-state index in [1.54, 1.807) is 4.90 Å². The molecule has 5 rings (SSSR count). The molecule has 2 aromatic carbocycles. The number of carbonyl (C=O) groups is 2. The highest BCUT2D eigenvalue weighted by Gasteiger charge is 2.37. The summed E-state index contributed by atoms with van der Waals surface area (Å²) in [6, 6.07) is 15.3. The van der Waals surface area contributed by atoms with Crippen molar-refractivity contribution in [1.82, 2.24) is 10.2 Å². The third kappa shape index (κ3) is 4.82. The summed E-state index contributed by atoms with van der Waals surface area (Å²) in [7, 11) is 0. The van der Waals surface area contributed by atoms with E-state index >= 15 is 0 Å². The predicted molar refractivity (Wildman–Crippen MR) is 127 cm³/mol. The fourth-order valence-corrected chi connectivity index (χ4v) is 5.06. The Morgan fingerprint density at radius 1 is 1.03 bits per heavy atom. The first kappa shape index (κ1) is 22.5. The molecule has 1 atom stereocenters. The fourth-order valence-electron chi connectivity index (χ4n) is 5.06. The van der Waals surface area contributed by atoms with Crippen LogP contribution >= 0.6 is 0 Å². The zero-order valence-electron chi connectivity index (χ0n) is 19.3. The minimum Gasteiger partial charge on any atom is -0.454 e. The highest BCUT2D eigenvalue weighted by atomic mass is 16.7. The molecule has 180 valence electrons. The number of rotatable bonds is 5. The van der Waals surface area contributed by atoms with E-state index in [0.717, 1.165) is 48.4 Å². The number of anilines is 1. The summed E-state index contributed by atoms with van der Waals surface area (Å²) in [6.45, 7) is 3.15. The number of benzene rings is 2. The molecular formula is C26H31N3O5. The molecule has 3 heterocycles. The molecular weight excluding hydrogens is 434 g/mol. The van der Waals surface area contributed by atoms with Gasteiger partial charge in [0.25, 0.3) is 0 Å². The van der Waals surface area contributed by atoms with E-state index < -0.39 is 0 Å². The minimum atomic E-state index is -0.219. The molecule has 3 aliphatic heterocycles. The second-order valence-electron chi connectivity index (χ2n) is 9.26. The Bertz CT molecular complexity index is 1020. The van der Waals surface area contributed by atoms with Crippen LogP contribution in [0.1, 0.15) is 31.2 Å². The summed E-state index contributed by atoms with van der Waals surface area (Å²) in [5.41, 5.74) is 1.67. The van der Waals surface area contributed by atoms with Gasteiger partial charge in [-0.3, -0.25) is 4.79 Å². The largest absolute Gasteiger partial charge is 0.454 e. The van der Waals surface area contributed by atoms with E-state index in [9.17, 15) is 9.59 Å². The number of hydrogen-bond donors (Lipinski definition) is 2. The number of fused-ring (bicyclic) bond motifs is 1. The van der Waals surface area contributed by atoms with Crippen molar-refractivity contribution in [2.45, 2.75) is 31.1 Å². The standard InChI is InChI=1S/C26H31N3O5/c30-24(19-5-4-12-29(16-19)25(31)28-21-6-2-1-3-7-21)27-17-26(10-13-32-14-11-26)20-8-9-22-23(15-20)34-18-33-22/h1-3,6-9,15,19H,4-5,10-14,16-18H2,(H,27,30)(H,28,31). The summed E-state index contributed by atoms with van der Waals surface area (Å²) < 4.78 is 16.7. The second kappa shape index (κ2) is 9.93. The van der Waals surface area contributed by atoms with Crippen LogP contribution in [-0.4, -0.2) is 56.5 Å². The molecule has 0 aromatic heterocycles. The molecule has 2 fully saturated rings. The number of para-hydroxylation sites is 1. The second-order valence-corrected chi connectivity index (χ2v) is 9.26. The lowest BCUT2D eigenvalue weighted by atomic mass is 9.74. The van der Waals surface area contributed by atoms with Crippen LogP contribution in [0.25, 0.3) is 0 Å². The highest BCUT2D eigenvalue weighted by Crippen LogP contribution is 2.40. The summed E-state index contributed by atoms with van der Waals surface area (Å²) in [4.78, 5) is 27.6. The van der Waals surface area contributed by atoms with Gasteiger partial charge >= 0.3 is 6.03 Å². The van der Waals surface area contributed by atoms with E-state index in [4.69, 9.17) is 14.2 Å². The van der Waals surface area contributed by atoms with Gasteiger partial charge in [-0.15, -0.1) is 0 Å². The lowest BCUT2D eigenvalue weighted by molar-refractivity contribution is -0.126. The van der Waals surface area contributed by atoms with Gasteiger partial charge in [-0.25, -0.2) is 4.79 Å². The molecule has 0 spiro atoms. The van der Waals surface area contributed by atoms with Gasteiger partial charge in [0.15, 0.2) is 11.5 Å². The maximum Gasteiger partial charge on any atom is 0.321 e. The van der Waals surface area contributed by atoms with Gasteiger partial charge in [-0.2, -0.15) is 0 Å². The van der Waals surface area contributed by atoms with E-state index in [1.165, 1.54) is 0 Å². The maximum absolute atomic E-state index is 13.2. The summed E-state index contributed by atoms with van der Waals surface area (Å²) in [6.07, 6.45) is 3.23. The SMILES string of the molecule is O=C(NCC1(c2ccc3c(c2)OCO3)CCOCC1)C1CCCN(C(=O)Nc2ccccc2)C1. The first-order chi connectivity index (χ1) is 16.6. The van der Waals surface area contributed by atoms with Crippen LogP contribution in [0.4, 0.5) is 10.5 Å². The predicted octanol–water partition coefficient (Wildman–Crippen LogP) is 3.52. The zero-order chi connectivity index (χ0) is 23.4. The van der Waals surface area contributed by atoms with E-state index in [-0.39, 0.29) is 30.1 Å². The third-order valence-electron chi connectivity index (χ3n) is 7.14. The van der Waals surface area contributed by atoms with E-state index in [1.807, 2.05) is 42.5 Å². The summed E-state index contributed by atoms with van der Waals surface area (Å²) in [5, 5.41) is 6.14. The molecule has 3 aliphatic rings. The first-order valence-corrected chi connectivity index (χ1v) is 12.0. The Morgan fingerprint density at radius 2 is 1.82 bits per heavy atom. The Kier molecular flexibility index (Phi) is 6.58. The van der Waals surface area contributed by atoms with Gasteiger partial charge in [0.2, 0.25) is 12.7 Å². The van der Waals surface area contributed by atoms with Crippen LogP contribution in [0.5, 0.6) is 11.5 Å². The maximum atomic E-state index is 13.2. The molecule has 2 N–H and O–H groups in total. The molecule has 0 aliphatic carbocycles. The van der Waals surface area contributed by atoms with Crippen LogP contribution in [0, 0.1) is 5.92 Å². The van der Waals surface area contributed by atoms with Crippen LogP contribution < -0.4 is 20.1 Å². The van der Waals surface area contributed by atoms with E-state index in [0.29, 0.717) is 32.8 Å². The number of ether oxygens (including phenoxy) is 3. The lowest BCUT2D eigenvalue weighted by Crippen LogP contribution is -2.50. The fraction of sp³-hybridized carbons (Fsp3) is 0.462. The smallest absolute Gasteiger partial charge is 0.321 e. The Labute approximate surface area is 199 Å². The molecule has 34 heavy (non-hydrogen) atoms. The number of likely N-dealkylation sites (tertiary alicyclic amines) is 1. The molecule has 8 nitrogen and oxygen atoms in total.